The summed E-state index contributed by atoms with van der Waals surface area (Å²) in [4.78, 5) is 23.4. The average Bonchev–Trinajstić information content (AvgIpc) is 2.47. The van der Waals surface area contributed by atoms with Crippen LogP contribution in [0.25, 0.3) is 0 Å². The van der Waals surface area contributed by atoms with Gasteiger partial charge in [0, 0.05) is 12.1 Å². The monoisotopic (exact) mass is 300 g/mol. The first-order valence-electron chi connectivity index (χ1n) is 7.55. The number of aliphatic carboxylic acids is 1. The molecule has 1 fully saturated rings. The highest BCUT2D eigenvalue weighted by molar-refractivity contribution is 5.91. The van der Waals surface area contributed by atoms with Crippen molar-refractivity contribution >= 4 is 17.6 Å². The summed E-state index contributed by atoms with van der Waals surface area (Å²) in [5.41, 5.74) is 0.627. The van der Waals surface area contributed by atoms with E-state index in [1.807, 2.05) is 6.07 Å². The quantitative estimate of drug-likeness (QED) is 0.872. The Hall–Kier alpha value is -2.35. The van der Waals surface area contributed by atoms with E-state index in [0.29, 0.717) is 11.3 Å². The molecule has 1 aliphatic rings. The van der Waals surface area contributed by atoms with Gasteiger partial charge in [0.15, 0.2) is 0 Å². The molecular formula is C17H20N2O3. The molecule has 2 rings (SSSR count). The predicted molar refractivity (Wildman–Crippen MR) is 82.2 cm³/mol. The molecule has 2 N–H and O–H groups in total. The molecule has 1 aromatic rings. The SMILES string of the molecule is N#Cc1cccc(NC(=O)CC2(CC(=O)O)CCCCC2)c1. The highest BCUT2D eigenvalue weighted by Crippen LogP contribution is 2.42. The number of carbonyl (C=O) groups excluding carboxylic acids is 1. The Bertz CT molecular complexity index is 598. The molecule has 5 nitrogen and oxygen atoms in total. The van der Waals surface area contributed by atoms with E-state index < -0.39 is 11.4 Å². The van der Waals surface area contributed by atoms with Crippen LogP contribution in [-0.2, 0) is 9.59 Å². The van der Waals surface area contributed by atoms with Crippen LogP contribution in [0.3, 0.4) is 0 Å². The van der Waals surface area contributed by atoms with Gasteiger partial charge in [0.05, 0.1) is 18.1 Å². The van der Waals surface area contributed by atoms with Crippen molar-refractivity contribution in [3.8, 4) is 6.07 Å². The summed E-state index contributed by atoms with van der Waals surface area (Å²) < 4.78 is 0. The van der Waals surface area contributed by atoms with Crippen LogP contribution in [-0.4, -0.2) is 17.0 Å². The molecule has 0 atom stereocenters. The number of carboxylic acids is 1. The second-order valence-corrected chi connectivity index (χ2v) is 6.05. The first-order valence-corrected chi connectivity index (χ1v) is 7.55. The second-order valence-electron chi connectivity index (χ2n) is 6.05. The van der Waals surface area contributed by atoms with Crippen molar-refractivity contribution in [3.05, 3.63) is 29.8 Å². The van der Waals surface area contributed by atoms with Crippen molar-refractivity contribution < 1.29 is 14.7 Å². The summed E-state index contributed by atoms with van der Waals surface area (Å²) in [5, 5.41) is 20.8. The third kappa shape index (κ3) is 4.32. The highest BCUT2D eigenvalue weighted by Gasteiger charge is 2.36. The fourth-order valence-corrected chi connectivity index (χ4v) is 3.25. The van der Waals surface area contributed by atoms with Gasteiger partial charge < -0.3 is 10.4 Å². The summed E-state index contributed by atoms with van der Waals surface area (Å²) in [5.74, 6) is -1.03. The molecule has 1 aliphatic carbocycles. The summed E-state index contributed by atoms with van der Waals surface area (Å²) in [7, 11) is 0. The number of rotatable bonds is 5. The number of nitrogens with zero attached hydrogens (tertiary/aromatic N) is 1. The Labute approximate surface area is 129 Å². The van der Waals surface area contributed by atoms with Crippen LogP contribution in [0.15, 0.2) is 24.3 Å². The fraction of sp³-hybridized carbons (Fsp3) is 0.471. The molecule has 0 aliphatic heterocycles. The van der Waals surface area contributed by atoms with Gasteiger partial charge in [0.2, 0.25) is 5.91 Å². The van der Waals surface area contributed by atoms with Crippen LogP contribution < -0.4 is 5.32 Å². The zero-order chi connectivity index (χ0) is 16.0. The molecule has 0 bridgehead atoms. The van der Waals surface area contributed by atoms with Crippen molar-refractivity contribution in [2.45, 2.75) is 44.9 Å². The first-order chi connectivity index (χ1) is 10.5. The first kappa shape index (κ1) is 16.0. The number of anilines is 1. The summed E-state index contributed by atoms with van der Waals surface area (Å²) >= 11 is 0. The van der Waals surface area contributed by atoms with Crippen LogP contribution in [0, 0.1) is 16.7 Å². The lowest BCUT2D eigenvalue weighted by Gasteiger charge is -2.35. The van der Waals surface area contributed by atoms with E-state index in [-0.39, 0.29) is 18.7 Å². The largest absolute Gasteiger partial charge is 0.481 e. The number of nitriles is 1. The van der Waals surface area contributed by atoms with Gasteiger partial charge in [0.25, 0.3) is 0 Å². The Morgan fingerprint density at radius 2 is 1.95 bits per heavy atom. The molecule has 0 aromatic heterocycles. The van der Waals surface area contributed by atoms with Gasteiger partial charge in [-0.3, -0.25) is 9.59 Å². The topological polar surface area (TPSA) is 90.2 Å². The number of amides is 1. The molecule has 116 valence electrons. The molecule has 5 heteroatoms. The molecule has 22 heavy (non-hydrogen) atoms. The van der Waals surface area contributed by atoms with Gasteiger partial charge in [0.1, 0.15) is 0 Å². The molecule has 0 saturated heterocycles. The van der Waals surface area contributed by atoms with Crippen LogP contribution in [0.5, 0.6) is 0 Å². The maximum absolute atomic E-state index is 12.3. The predicted octanol–water partition coefficient (Wildman–Crippen LogP) is 3.31. The smallest absolute Gasteiger partial charge is 0.303 e. The maximum atomic E-state index is 12.3. The minimum Gasteiger partial charge on any atom is -0.481 e. The van der Waals surface area contributed by atoms with E-state index in [2.05, 4.69) is 5.32 Å². The molecule has 1 saturated carbocycles. The minimum absolute atomic E-state index is 0.0403. The van der Waals surface area contributed by atoms with Crippen LogP contribution in [0.4, 0.5) is 5.69 Å². The maximum Gasteiger partial charge on any atom is 0.303 e. The molecule has 1 amide bonds. The molecular weight excluding hydrogens is 280 g/mol. The Morgan fingerprint density at radius 1 is 1.23 bits per heavy atom. The number of hydrogen-bond donors (Lipinski definition) is 2. The van der Waals surface area contributed by atoms with E-state index in [1.54, 1.807) is 24.3 Å². The van der Waals surface area contributed by atoms with E-state index in [4.69, 9.17) is 10.4 Å². The number of hydrogen-bond acceptors (Lipinski definition) is 3. The van der Waals surface area contributed by atoms with Crippen molar-refractivity contribution in [2.24, 2.45) is 5.41 Å². The van der Waals surface area contributed by atoms with Gasteiger partial charge in [-0.15, -0.1) is 0 Å². The lowest BCUT2D eigenvalue weighted by molar-refractivity contribution is -0.140. The third-order valence-electron chi connectivity index (χ3n) is 4.25. The summed E-state index contributed by atoms with van der Waals surface area (Å²) in [6.07, 6.45) is 4.88. The number of nitrogens with one attached hydrogen (secondary N) is 1. The van der Waals surface area contributed by atoms with Gasteiger partial charge >= 0.3 is 5.97 Å². The number of carbonyl (C=O) groups is 2. The summed E-state index contributed by atoms with van der Waals surface area (Å²) in [6, 6.07) is 8.75. The van der Waals surface area contributed by atoms with E-state index >= 15 is 0 Å². The van der Waals surface area contributed by atoms with E-state index in [0.717, 1.165) is 32.1 Å². The lowest BCUT2D eigenvalue weighted by atomic mass is 9.69. The Morgan fingerprint density at radius 3 is 2.59 bits per heavy atom. The average molecular weight is 300 g/mol. The summed E-state index contributed by atoms with van der Waals surface area (Å²) in [6.45, 7) is 0. The molecule has 1 aromatic carbocycles. The van der Waals surface area contributed by atoms with Crippen molar-refractivity contribution in [1.29, 1.82) is 5.26 Å². The Kier molecular flexibility index (Phi) is 5.16. The van der Waals surface area contributed by atoms with Crippen molar-refractivity contribution in [2.75, 3.05) is 5.32 Å². The number of benzene rings is 1. The third-order valence-corrected chi connectivity index (χ3v) is 4.25. The lowest BCUT2D eigenvalue weighted by Crippen LogP contribution is -2.32. The zero-order valence-electron chi connectivity index (χ0n) is 12.5. The fourth-order valence-electron chi connectivity index (χ4n) is 3.25. The van der Waals surface area contributed by atoms with E-state index in [1.165, 1.54) is 0 Å². The van der Waals surface area contributed by atoms with Crippen LogP contribution in [0.2, 0.25) is 0 Å². The van der Waals surface area contributed by atoms with Gasteiger partial charge in [-0.05, 0) is 36.5 Å². The van der Waals surface area contributed by atoms with Crippen LogP contribution in [0.1, 0.15) is 50.5 Å². The minimum atomic E-state index is -0.846. The molecule has 0 heterocycles. The highest BCUT2D eigenvalue weighted by atomic mass is 16.4. The normalized spacial score (nSPS) is 16.5. The van der Waals surface area contributed by atoms with Crippen molar-refractivity contribution in [3.63, 3.8) is 0 Å². The van der Waals surface area contributed by atoms with Gasteiger partial charge in [-0.25, -0.2) is 0 Å². The second kappa shape index (κ2) is 7.08. The van der Waals surface area contributed by atoms with Gasteiger partial charge in [-0.1, -0.05) is 25.3 Å². The molecule has 0 spiro atoms. The Balaban J connectivity index is 2.04. The molecule has 0 unspecified atom stereocenters. The van der Waals surface area contributed by atoms with Crippen LogP contribution >= 0.6 is 0 Å². The van der Waals surface area contributed by atoms with Crippen molar-refractivity contribution in [1.82, 2.24) is 0 Å². The van der Waals surface area contributed by atoms with Gasteiger partial charge in [-0.2, -0.15) is 5.26 Å². The number of carboxylic acid groups (broad SMARTS) is 1. The standard InChI is InChI=1S/C17H20N2O3/c18-12-13-5-4-6-14(9-13)19-15(20)10-17(11-16(21)22)7-2-1-3-8-17/h4-6,9H,1-3,7-8,10-11H2,(H,19,20)(H,21,22). The zero-order valence-corrected chi connectivity index (χ0v) is 12.5. The molecule has 0 radical (unpaired) electrons. The van der Waals surface area contributed by atoms with E-state index in [9.17, 15) is 9.59 Å².